The number of carbonyl (C=O) groups excluding carboxylic acids is 1. The molecule has 0 heterocycles. The normalized spacial score (nSPS) is 11.4. The molecule has 0 atom stereocenters. The van der Waals surface area contributed by atoms with Crippen LogP contribution in [0, 0.1) is 5.82 Å². The van der Waals surface area contributed by atoms with E-state index in [-0.39, 0.29) is 36.3 Å². The number of rotatable bonds is 9. The minimum atomic E-state index is -3.65. The highest BCUT2D eigenvalue weighted by Gasteiger charge is 2.17. The minimum absolute atomic E-state index is 0.0725. The number of ether oxygens (including phenoxy) is 1. The number of sulfonamides is 1. The molecule has 27 heavy (non-hydrogen) atoms. The van der Waals surface area contributed by atoms with E-state index in [0.717, 1.165) is 0 Å². The van der Waals surface area contributed by atoms with Crippen LogP contribution in [0.2, 0.25) is 0 Å². The van der Waals surface area contributed by atoms with Gasteiger partial charge in [-0.3, -0.25) is 4.79 Å². The minimum Gasteiger partial charge on any atom is -0.383 e. The summed E-state index contributed by atoms with van der Waals surface area (Å²) in [5.41, 5.74) is 1.05. The average Bonchev–Trinajstić information content (AvgIpc) is 2.66. The molecule has 0 aliphatic heterocycles. The van der Waals surface area contributed by atoms with Crippen molar-refractivity contribution in [1.82, 2.24) is 9.62 Å². The maximum atomic E-state index is 13.3. The van der Waals surface area contributed by atoms with Crippen molar-refractivity contribution in [2.24, 2.45) is 0 Å². The van der Waals surface area contributed by atoms with Gasteiger partial charge in [-0.05, 0) is 48.9 Å². The molecule has 0 saturated carbocycles. The Labute approximate surface area is 159 Å². The van der Waals surface area contributed by atoms with E-state index in [9.17, 15) is 17.6 Å². The van der Waals surface area contributed by atoms with Gasteiger partial charge in [0.25, 0.3) is 5.91 Å². The van der Waals surface area contributed by atoms with Gasteiger partial charge in [0, 0.05) is 32.3 Å². The molecule has 8 heteroatoms. The first-order chi connectivity index (χ1) is 12.9. The second-order valence-corrected chi connectivity index (χ2v) is 7.63. The van der Waals surface area contributed by atoms with Crippen LogP contribution in [0.15, 0.2) is 53.4 Å². The number of amides is 1. The molecule has 0 bridgehead atoms. The number of halogens is 1. The maximum absolute atomic E-state index is 13.3. The molecular formula is C19H23FN2O4S. The summed E-state index contributed by atoms with van der Waals surface area (Å²) in [4.78, 5) is 14.3. The van der Waals surface area contributed by atoms with Gasteiger partial charge in [-0.1, -0.05) is 12.1 Å². The van der Waals surface area contributed by atoms with Gasteiger partial charge < -0.3 is 9.64 Å². The Balaban J connectivity index is 2.11. The number of nitrogens with one attached hydrogen (secondary N) is 1. The lowest BCUT2D eigenvalue weighted by molar-refractivity contribution is 0.0752. The van der Waals surface area contributed by atoms with Crippen molar-refractivity contribution in [2.75, 3.05) is 26.8 Å². The third-order valence-corrected chi connectivity index (χ3v) is 5.42. The molecule has 0 aromatic heterocycles. The maximum Gasteiger partial charge on any atom is 0.254 e. The Morgan fingerprint density at radius 2 is 1.89 bits per heavy atom. The van der Waals surface area contributed by atoms with Gasteiger partial charge in [0.2, 0.25) is 10.0 Å². The summed E-state index contributed by atoms with van der Waals surface area (Å²) >= 11 is 0. The van der Waals surface area contributed by atoms with Gasteiger partial charge in [0.1, 0.15) is 5.82 Å². The molecule has 2 rings (SSSR count). The van der Waals surface area contributed by atoms with Gasteiger partial charge in [-0.15, -0.1) is 0 Å². The average molecular weight is 394 g/mol. The first-order valence-electron chi connectivity index (χ1n) is 8.49. The topological polar surface area (TPSA) is 75.7 Å². The van der Waals surface area contributed by atoms with E-state index in [1.807, 2.05) is 6.92 Å². The van der Waals surface area contributed by atoms with E-state index < -0.39 is 10.0 Å². The van der Waals surface area contributed by atoms with Crippen molar-refractivity contribution >= 4 is 15.9 Å². The standard InChI is InChI=1S/C19H23FN2O4S/c1-3-22(14-15-5-4-6-17(20)13-15)19(23)16-7-9-18(10-8-16)27(24,25)21-11-12-26-2/h4-10,13,21H,3,11-12,14H2,1-2H3. The van der Waals surface area contributed by atoms with Gasteiger partial charge in [-0.25, -0.2) is 17.5 Å². The van der Waals surface area contributed by atoms with E-state index in [1.54, 1.807) is 17.0 Å². The molecule has 0 spiro atoms. The van der Waals surface area contributed by atoms with Crippen molar-refractivity contribution in [3.8, 4) is 0 Å². The third kappa shape index (κ3) is 5.85. The Kier molecular flexibility index (Phi) is 7.46. The van der Waals surface area contributed by atoms with Crippen molar-refractivity contribution in [3.05, 3.63) is 65.5 Å². The van der Waals surface area contributed by atoms with Crippen molar-refractivity contribution in [1.29, 1.82) is 0 Å². The summed E-state index contributed by atoms with van der Waals surface area (Å²) in [6, 6.07) is 11.8. The molecule has 1 amide bonds. The first-order valence-corrected chi connectivity index (χ1v) is 9.98. The molecular weight excluding hydrogens is 371 g/mol. The lowest BCUT2D eigenvalue weighted by Gasteiger charge is -2.21. The number of nitrogens with zero attached hydrogens (tertiary/aromatic N) is 1. The fourth-order valence-electron chi connectivity index (χ4n) is 2.50. The summed E-state index contributed by atoms with van der Waals surface area (Å²) in [6.45, 7) is 2.97. The van der Waals surface area contributed by atoms with Crippen LogP contribution in [-0.2, 0) is 21.3 Å². The molecule has 2 aromatic rings. The molecule has 2 aromatic carbocycles. The summed E-state index contributed by atoms with van der Waals surface area (Å²) in [7, 11) is -2.17. The van der Waals surface area contributed by atoms with Gasteiger partial charge in [0.15, 0.2) is 0 Å². The highest BCUT2D eigenvalue weighted by atomic mass is 32.2. The number of carbonyl (C=O) groups is 1. The van der Waals surface area contributed by atoms with E-state index >= 15 is 0 Å². The van der Waals surface area contributed by atoms with Crippen LogP contribution in [0.25, 0.3) is 0 Å². The van der Waals surface area contributed by atoms with Crippen LogP contribution in [0.1, 0.15) is 22.8 Å². The highest BCUT2D eigenvalue weighted by Crippen LogP contribution is 2.14. The number of hydrogen-bond acceptors (Lipinski definition) is 4. The smallest absolute Gasteiger partial charge is 0.254 e. The van der Waals surface area contributed by atoms with Crippen LogP contribution in [0.4, 0.5) is 4.39 Å². The largest absolute Gasteiger partial charge is 0.383 e. The molecule has 0 fully saturated rings. The van der Waals surface area contributed by atoms with Crippen LogP contribution < -0.4 is 4.72 Å². The third-order valence-electron chi connectivity index (χ3n) is 3.94. The zero-order valence-electron chi connectivity index (χ0n) is 15.3. The Morgan fingerprint density at radius 1 is 1.19 bits per heavy atom. The Bertz CT molecular complexity index is 870. The van der Waals surface area contributed by atoms with Crippen LogP contribution in [0.5, 0.6) is 0 Å². The van der Waals surface area contributed by atoms with Gasteiger partial charge in [0.05, 0.1) is 11.5 Å². The predicted octanol–water partition coefficient (Wildman–Crippen LogP) is 2.41. The fourth-order valence-corrected chi connectivity index (χ4v) is 3.52. The SMILES string of the molecule is CCN(Cc1cccc(F)c1)C(=O)c1ccc(S(=O)(=O)NCCOC)cc1. The summed E-state index contributed by atoms with van der Waals surface area (Å²) in [5, 5.41) is 0. The van der Waals surface area contributed by atoms with Crippen molar-refractivity contribution < 1.29 is 22.3 Å². The van der Waals surface area contributed by atoms with Crippen LogP contribution in [0.3, 0.4) is 0 Å². The molecule has 0 saturated heterocycles. The van der Waals surface area contributed by atoms with Crippen molar-refractivity contribution in [2.45, 2.75) is 18.4 Å². The quantitative estimate of drug-likeness (QED) is 0.663. The van der Waals surface area contributed by atoms with E-state index in [2.05, 4.69) is 4.72 Å². The number of benzene rings is 2. The first kappa shape index (κ1) is 21.0. The molecule has 0 aliphatic carbocycles. The summed E-state index contributed by atoms with van der Waals surface area (Å²) < 4.78 is 44.9. The van der Waals surface area contributed by atoms with Crippen molar-refractivity contribution in [3.63, 3.8) is 0 Å². The molecule has 0 unspecified atom stereocenters. The lowest BCUT2D eigenvalue weighted by atomic mass is 10.1. The summed E-state index contributed by atoms with van der Waals surface area (Å²) in [5.74, 6) is -0.607. The fraction of sp³-hybridized carbons (Fsp3) is 0.316. The zero-order valence-corrected chi connectivity index (χ0v) is 16.1. The lowest BCUT2D eigenvalue weighted by Crippen LogP contribution is -2.30. The van der Waals surface area contributed by atoms with E-state index in [0.29, 0.717) is 17.7 Å². The van der Waals surface area contributed by atoms with Crippen LogP contribution >= 0.6 is 0 Å². The molecule has 0 aliphatic rings. The van der Waals surface area contributed by atoms with Gasteiger partial charge >= 0.3 is 0 Å². The van der Waals surface area contributed by atoms with E-state index in [4.69, 9.17) is 4.74 Å². The molecule has 1 N–H and O–H groups in total. The second-order valence-electron chi connectivity index (χ2n) is 5.86. The number of methoxy groups -OCH3 is 1. The molecule has 146 valence electrons. The highest BCUT2D eigenvalue weighted by molar-refractivity contribution is 7.89. The molecule has 6 nitrogen and oxygen atoms in total. The monoisotopic (exact) mass is 394 g/mol. The van der Waals surface area contributed by atoms with E-state index in [1.165, 1.54) is 43.5 Å². The van der Waals surface area contributed by atoms with Crippen LogP contribution in [-0.4, -0.2) is 46.0 Å². The zero-order chi connectivity index (χ0) is 19.9. The molecule has 0 radical (unpaired) electrons. The second kappa shape index (κ2) is 9.59. The Morgan fingerprint density at radius 3 is 2.48 bits per heavy atom. The van der Waals surface area contributed by atoms with Gasteiger partial charge in [-0.2, -0.15) is 0 Å². The summed E-state index contributed by atoms with van der Waals surface area (Å²) in [6.07, 6.45) is 0. The predicted molar refractivity (Wildman–Crippen MR) is 100 cm³/mol. The Hall–Kier alpha value is -2.29. The number of hydrogen-bond donors (Lipinski definition) is 1.